The van der Waals surface area contributed by atoms with Crippen LogP contribution in [0.5, 0.6) is 0 Å². The summed E-state index contributed by atoms with van der Waals surface area (Å²) in [4.78, 5) is 13.3. The second kappa shape index (κ2) is 5.96. The molecule has 0 saturated carbocycles. The summed E-state index contributed by atoms with van der Waals surface area (Å²) in [6.45, 7) is 1.06. The van der Waals surface area contributed by atoms with Crippen LogP contribution in [0.1, 0.15) is 22.6 Å². The Bertz CT molecular complexity index is 580. The monoisotopic (exact) mass is 336 g/mol. The van der Waals surface area contributed by atoms with Gasteiger partial charge in [-0.15, -0.1) is 12.4 Å². The van der Waals surface area contributed by atoms with E-state index in [-0.39, 0.29) is 36.5 Å². The molecule has 2 atom stereocenters. The molecule has 0 unspecified atom stereocenters. The van der Waals surface area contributed by atoms with Crippen molar-refractivity contribution in [1.29, 1.82) is 0 Å². The summed E-state index contributed by atoms with van der Waals surface area (Å²) in [7, 11) is 1.24. The number of rotatable bonds is 0. The summed E-state index contributed by atoms with van der Waals surface area (Å²) in [5.74, 6) is -0.129. The number of hydrogen-bond acceptors (Lipinski definition) is 3. The lowest BCUT2D eigenvalue weighted by atomic mass is 9.83. The number of fused-ring (bicyclic) bond motifs is 3. The smallest absolute Gasteiger partial charge is 0.416 e. The van der Waals surface area contributed by atoms with Crippen LogP contribution in [0.2, 0.25) is 0 Å². The Morgan fingerprint density at radius 3 is 2.73 bits per heavy atom. The number of amides is 1. The fraction of sp³-hybridized carbons (Fsp3) is 0.500. The molecule has 2 heterocycles. The SMILES string of the molecule is COC(=O)N1Cc2c(cccc2C(F)(F)F)[C@H]2CNC[C@@H]21.Cl. The van der Waals surface area contributed by atoms with Crippen LogP contribution in [-0.2, 0) is 17.5 Å². The fourth-order valence-corrected chi connectivity index (χ4v) is 3.31. The number of halogens is 4. The number of hydrogen-bond donors (Lipinski definition) is 1. The van der Waals surface area contributed by atoms with Gasteiger partial charge in [0.25, 0.3) is 0 Å². The van der Waals surface area contributed by atoms with Gasteiger partial charge in [-0.05, 0) is 17.2 Å². The Balaban J connectivity index is 0.00000176. The van der Waals surface area contributed by atoms with E-state index in [2.05, 4.69) is 5.32 Å². The maximum atomic E-state index is 13.2. The second-order valence-corrected chi connectivity index (χ2v) is 5.30. The number of alkyl halides is 3. The van der Waals surface area contributed by atoms with Gasteiger partial charge in [0.15, 0.2) is 0 Å². The van der Waals surface area contributed by atoms with Crippen molar-refractivity contribution in [1.82, 2.24) is 10.2 Å². The van der Waals surface area contributed by atoms with Crippen LogP contribution < -0.4 is 5.32 Å². The van der Waals surface area contributed by atoms with E-state index < -0.39 is 17.8 Å². The maximum absolute atomic E-state index is 13.2. The number of carbonyl (C=O) groups is 1. The highest BCUT2D eigenvalue weighted by atomic mass is 35.5. The van der Waals surface area contributed by atoms with Gasteiger partial charge in [-0.1, -0.05) is 12.1 Å². The van der Waals surface area contributed by atoms with E-state index in [1.54, 1.807) is 6.07 Å². The largest absolute Gasteiger partial charge is 0.453 e. The molecule has 0 spiro atoms. The van der Waals surface area contributed by atoms with E-state index in [0.717, 1.165) is 6.07 Å². The maximum Gasteiger partial charge on any atom is 0.416 e. The van der Waals surface area contributed by atoms with Gasteiger partial charge in [0.05, 0.1) is 25.3 Å². The standard InChI is InChI=1S/C14H15F3N2O2.ClH/c1-21-13(20)19-7-10-8(9-5-18-6-12(9)19)3-2-4-11(10)14(15,16)17;/h2-4,9,12,18H,5-7H2,1H3;1H/t9-,12+;/m1./s1. The quantitative estimate of drug-likeness (QED) is 0.792. The van der Waals surface area contributed by atoms with Crippen LogP contribution in [0.25, 0.3) is 0 Å². The van der Waals surface area contributed by atoms with Gasteiger partial charge in [0.2, 0.25) is 0 Å². The average molecular weight is 337 g/mol. The van der Waals surface area contributed by atoms with Crippen molar-refractivity contribution < 1.29 is 22.7 Å². The second-order valence-electron chi connectivity index (χ2n) is 5.30. The molecule has 1 fully saturated rings. The highest BCUT2D eigenvalue weighted by Crippen LogP contribution is 2.41. The molecule has 1 saturated heterocycles. The van der Waals surface area contributed by atoms with Crippen molar-refractivity contribution in [3.8, 4) is 0 Å². The zero-order valence-electron chi connectivity index (χ0n) is 11.8. The number of carbonyl (C=O) groups excluding carboxylic acids is 1. The Morgan fingerprint density at radius 1 is 1.36 bits per heavy atom. The predicted octanol–water partition coefficient (Wildman–Crippen LogP) is 2.76. The third-order valence-electron chi connectivity index (χ3n) is 4.24. The van der Waals surface area contributed by atoms with E-state index in [0.29, 0.717) is 18.7 Å². The molecule has 8 heteroatoms. The lowest BCUT2D eigenvalue weighted by Crippen LogP contribution is -2.47. The molecule has 2 aliphatic rings. The molecule has 0 radical (unpaired) electrons. The molecule has 1 aromatic rings. The molecule has 122 valence electrons. The first kappa shape index (κ1) is 16.9. The lowest BCUT2D eigenvalue weighted by molar-refractivity contribution is -0.138. The molecule has 3 rings (SSSR count). The average Bonchev–Trinajstić information content (AvgIpc) is 2.93. The van der Waals surface area contributed by atoms with Crippen molar-refractivity contribution >= 4 is 18.5 Å². The van der Waals surface area contributed by atoms with Crippen molar-refractivity contribution in [3.63, 3.8) is 0 Å². The lowest BCUT2D eigenvalue weighted by Gasteiger charge is -2.38. The first-order chi connectivity index (χ1) is 9.93. The number of ether oxygens (including phenoxy) is 1. The van der Waals surface area contributed by atoms with Crippen LogP contribution in [0.3, 0.4) is 0 Å². The van der Waals surface area contributed by atoms with Gasteiger partial charge in [-0.3, -0.25) is 4.90 Å². The topological polar surface area (TPSA) is 41.6 Å². The van der Waals surface area contributed by atoms with Crippen molar-refractivity contribution in [2.24, 2.45) is 0 Å². The molecule has 1 aromatic carbocycles. The van der Waals surface area contributed by atoms with Gasteiger partial charge in [0, 0.05) is 19.0 Å². The summed E-state index contributed by atoms with van der Waals surface area (Å²) in [5.41, 5.74) is 0.194. The van der Waals surface area contributed by atoms with Crippen molar-refractivity contribution in [2.45, 2.75) is 24.7 Å². The van der Waals surface area contributed by atoms with Gasteiger partial charge >= 0.3 is 12.3 Å². The zero-order valence-corrected chi connectivity index (χ0v) is 12.6. The molecular formula is C14H16ClF3N2O2. The zero-order chi connectivity index (χ0) is 15.2. The van der Waals surface area contributed by atoms with Crippen LogP contribution in [0.15, 0.2) is 18.2 Å². The van der Waals surface area contributed by atoms with E-state index in [1.165, 1.54) is 18.1 Å². The number of nitrogens with one attached hydrogen (secondary N) is 1. The number of nitrogens with zero attached hydrogens (tertiary/aromatic N) is 1. The molecule has 2 aliphatic heterocycles. The minimum Gasteiger partial charge on any atom is -0.453 e. The Labute approximate surface area is 132 Å². The fourth-order valence-electron chi connectivity index (χ4n) is 3.31. The van der Waals surface area contributed by atoms with E-state index in [9.17, 15) is 18.0 Å². The predicted molar refractivity (Wildman–Crippen MR) is 76.0 cm³/mol. The molecule has 1 amide bonds. The van der Waals surface area contributed by atoms with Gasteiger partial charge in [0.1, 0.15) is 0 Å². The van der Waals surface area contributed by atoms with Crippen LogP contribution in [0, 0.1) is 0 Å². The van der Waals surface area contributed by atoms with Crippen LogP contribution in [-0.4, -0.2) is 37.2 Å². The van der Waals surface area contributed by atoms with E-state index >= 15 is 0 Å². The molecular weight excluding hydrogens is 321 g/mol. The Kier molecular flexibility index (Phi) is 4.58. The summed E-state index contributed by atoms with van der Waals surface area (Å²) >= 11 is 0. The first-order valence-corrected chi connectivity index (χ1v) is 6.67. The minimum absolute atomic E-state index is 0. The Morgan fingerprint density at radius 2 is 2.09 bits per heavy atom. The van der Waals surface area contributed by atoms with Crippen molar-refractivity contribution in [3.05, 3.63) is 34.9 Å². The molecule has 0 aliphatic carbocycles. The molecule has 1 N–H and O–H groups in total. The molecule has 4 nitrogen and oxygen atoms in total. The summed E-state index contributed by atoms with van der Waals surface area (Å²) < 4.78 is 44.3. The Hall–Kier alpha value is -1.47. The third-order valence-corrected chi connectivity index (χ3v) is 4.24. The van der Waals surface area contributed by atoms with Gasteiger partial charge in [-0.25, -0.2) is 4.79 Å². The number of methoxy groups -OCH3 is 1. The van der Waals surface area contributed by atoms with E-state index in [1.807, 2.05) is 0 Å². The first-order valence-electron chi connectivity index (χ1n) is 6.67. The number of benzene rings is 1. The molecule has 0 bridgehead atoms. The summed E-state index contributed by atoms with van der Waals surface area (Å²) in [6, 6.07) is 4.07. The van der Waals surface area contributed by atoms with Gasteiger partial charge in [-0.2, -0.15) is 13.2 Å². The van der Waals surface area contributed by atoms with Gasteiger partial charge < -0.3 is 10.1 Å². The highest BCUT2D eigenvalue weighted by molar-refractivity contribution is 5.85. The van der Waals surface area contributed by atoms with Crippen LogP contribution >= 0.6 is 12.4 Å². The minimum atomic E-state index is -4.42. The molecule has 0 aromatic heterocycles. The van der Waals surface area contributed by atoms with E-state index in [4.69, 9.17) is 4.74 Å². The van der Waals surface area contributed by atoms with Crippen LogP contribution in [0.4, 0.5) is 18.0 Å². The normalized spacial score (nSPS) is 23.4. The highest BCUT2D eigenvalue weighted by Gasteiger charge is 2.44. The van der Waals surface area contributed by atoms with Crippen molar-refractivity contribution in [2.75, 3.05) is 20.2 Å². The summed E-state index contributed by atoms with van der Waals surface area (Å²) in [6.07, 6.45) is -5.01. The summed E-state index contributed by atoms with van der Waals surface area (Å²) in [5, 5.41) is 3.14. The molecule has 22 heavy (non-hydrogen) atoms. The third kappa shape index (κ3) is 2.63.